The molecular weight excluding hydrogens is 325 g/mol. The molecule has 0 aliphatic carbocycles. The zero-order chi connectivity index (χ0) is 16.5. The number of aromatic nitrogens is 1. The van der Waals surface area contributed by atoms with Gasteiger partial charge in [-0.15, -0.1) is 0 Å². The zero-order valence-electron chi connectivity index (χ0n) is 11.1. The van der Waals surface area contributed by atoms with Crippen LogP contribution in [0.4, 0.5) is 8.78 Å². The van der Waals surface area contributed by atoms with Crippen molar-refractivity contribution in [3.8, 4) is 0 Å². The van der Waals surface area contributed by atoms with Crippen LogP contribution in [0, 0.1) is 0 Å². The Labute approximate surface area is 123 Å². The normalized spacial score (nSPS) is 24.4. The molecule has 0 unspecified atom stereocenters. The van der Waals surface area contributed by atoms with Gasteiger partial charge in [-0.3, -0.25) is 9.32 Å². The fraction of sp³-hybridized carbons (Fsp3) is 0.455. The van der Waals surface area contributed by atoms with Crippen molar-refractivity contribution in [3.63, 3.8) is 0 Å². The Bertz CT molecular complexity index is 622. The number of carbonyl (C=O) groups is 1. The summed E-state index contributed by atoms with van der Waals surface area (Å²) in [6, 6.07) is 2.86. The number of hydrogen-bond donors (Lipinski definition) is 3. The third-order valence-corrected chi connectivity index (χ3v) is 3.56. The molecule has 1 fully saturated rings. The summed E-state index contributed by atoms with van der Waals surface area (Å²) in [4.78, 5) is 28.2. The van der Waals surface area contributed by atoms with E-state index >= 15 is 0 Å². The lowest BCUT2D eigenvalue weighted by atomic mass is 10.1. The number of primary amides is 1. The quantitative estimate of drug-likeness (QED) is 0.517. The van der Waals surface area contributed by atoms with E-state index in [1.807, 2.05) is 0 Å². The molecule has 1 aliphatic rings. The van der Waals surface area contributed by atoms with E-state index < -0.39 is 45.0 Å². The average Bonchev–Trinajstić information content (AvgIpc) is 2.71. The first-order chi connectivity index (χ1) is 10.1. The van der Waals surface area contributed by atoms with Crippen molar-refractivity contribution < 1.29 is 41.8 Å². The van der Waals surface area contributed by atoms with Crippen LogP contribution in [0.25, 0.3) is 0 Å². The van der Waals surface area contributed by atoms with Gasteiger partial charge in [-0.05, 0) is 6.07 Å². The first kappa shape index (κ1) is 16.9. The summed E-state index contributed by atoms with van der Waals surface area (Å²) < 4.78 is 48.6. The number of nitrogens with two attached hydrogens (primary N) is 1. The van der Waals surface area contributed by atoms with Crippen LogP contribution in [0.5, 0.6) is 0 Å². The molecule has 1 amide bonds. The predicted molar refractivity (Wildman–Crippen MR) is 66.6 cm³/mol. The van der Waals surface area contributed by atoms with Crippen molar-refractivity contribution in [2.75, 3.05) is 6.61 Å². The molecule has 2 heterocycles. The van der Waals surface area contributed by atoms with Crippen LogP contribution in [0.3, 0.4) is 0 Å². The monoisotopic (exact) mass is 339 g/mol. The number of alkyl halides is 2. The summed E-state index contributed by atoms with van der Waals surface area (Å²) in [6.45, 7) is -0.955. The maximum atomic E-state index is 13.8. The number of phosphoric acid groups is 1. The molecule has 22 heavy (non-hydrogen) atoms. The Balaban J connectivity index is 2.13. The van der Waals surface area contributed by atoms with E-state index in [0.29, 0.717) is 0 Å². The highest BCUT2D eigenvalue weighted by Crippen LogP contribution is 2.42. The van der Waals surface area contributed by atoms with E-state index in [9.17, 15) is 18.1 Å². The van der Waals surface area contributed by atoms with Gasteiger partial charge in [0, 0.05) is 6.07 Å². The Morgan fingerprint density at radius 1 is 1.59 bits per heavy atom. The molecule has 0 spiro atoms. The smallest absolute Gasteiger partial charge is 0.365 e. The number of ether oxygens (including phenoxy) is 1. The largest absolute Gasteiger partial charge is 0.469 e. The number of hydrogen-bond acceptors (Lipinski definition) is 4. The summed E-state index contributed by atoms with van der Waals surface area (Å²) in [6.07, 6.45) is -0.974. The highest BCUT2D eigenvalue weighted by molar-refractivity contribution is 7.46. The molecular formula is C11H14F2N2O6P+. The molecule has 8 nitrogen and oxygen atoms in total. The van der Waals surface area contributed by atoms with Crippen molar-refractivity contribution in [1.29, 1.82) is 0 Å². The highest BCUT2D eigenvalue weighted by Gasteiger charge is 2.54. The lowest BCUT2D eigenvalue weighted by molar-refractivity contribution is -0.759. The summed E-state index contributed by atoms with van der Waals surface area (Å²) in [5.41, 5.74) is 5.22. The lowest BCUT2D eigenvalue weighted by Gasteiger charge is -2.16. The summed E-state index contributed by atoms with van der Waals surface area (Å²) >= 11 is 0. The molecule has 4 N–H and O–H groups in total. The minimum Gasteiger partial charge on any atom is -0.365 e. The van der Waals surface area contributed by atoms with Crippen LogP contribution in [0.1, 0.15) is 23.0 Å². The van der Waals surface area contributed by atoms with Crippen molar-refractivity contribution in [2.45, 2.75) is 24.7 Å². The average molecular weight is 339 g/mol. The summed E-state index contributed by atoms with van der Waals surface area (Å²) in [5, 5.41) is 0. The maximum absolute atomic E-state index is 13.8. The predicted octanol–water partition coefficient (Wildman–Crippen LogP) is 0.105. The van der Waals surface area contributed by atoms with Crippen LogP contribution >= 0.6 is 7.82 Å². The van der Waals surface area contributed by atoms with Crippen LogP contribution < -0.4 is 10.3 Å². The standard InChI is InChI=1S/C11H13F2N2O6P/c12-11(13)4-9(21-8(11)6-20-22(17,18)19)15-3-1-2-7(5-15)10(14)16/h1-3,5,8-9H,4,6H2,(H3-,14,16,17,18,19)/p+1/t8-,9+/m1/s1. The van der Waals surface area contributed by atoms with Gasteiger partial charge in [-0.25, -0.2) is 13.3 Å². The number of rotatable bonds is 5. The van der Waals surface area contributed by atoms with Gasteiger partial charge in [0.2, 0.25) is 0 Å². The fourth-order valence-corrected chi connectivity index (χ4v) is 2.35. The van der Waals surface area contributed by atoms with Gasteiger partial charge >= 0.3 is 7.82 Å². The number of pyridine rings is 1. The maximum Gasteiger partial charge on any atom is 0.469 e. The van der Waals surface area contributed by atoms with Crippen molar-refractivity contribution in [3.05, 3.63) is 30.1 Å². The van der Waals surface area contributed by atoms with E-state index in [1.165, 1.54) is 29.1 Å². The van der Waals surface area contributed by atoms with Crippen LogP contribution in [0.2, 0.25) is 0 Å². The molecule has 1 aromatic rings. The van der Waals surface area contributed by atoms with E-state index in [-0.39, 0.29) is 5.56 Å². The second kappa shape index (κ2) is 5.98. The Morgan fingerprint density at radius 3 is 2.86 bits per heavy atom. The van der Waals surface area contributed by atoms with E-state index in [0.717, 1.165) is 0 Å². The second-order valence-electron chi connectivity index (χ2n) is 4.73. The van der Waals surface area contributed by atoms with E-state index in [1.54, 1.807) is 0 Å². The Kier molecular flexibility index (Phi) is 4.59. The summed E-state index contributed by atoms with van der Waals surface area (Å²) in [7, 11) is -4.87. The third-order valence-electron chi connectivity index (χ3n) is 3.07. The summed E-state index contributed by atoms with van der Waals surface area (Å²) in [5.74, 6) is -4.06. The van der Waals surface area contributed by atoms with Crippen molar-refractivity contribution >= 4 is 13.7 Å². The number of amides is 1. The van der Waals surface area contributed by atoms with Crippen LogP contribution in [-0.2, 0) is 13.8 Å². The van der Waals surface area contributed by atoms with Gasteiger partial charge in [0.25, 0.3) is 18.1 Å². The van der Waals surface area contributed by atoms with Crippen molar-refractivity contribution in [2.24, 2.45) is 5.73 Å². The van der Waals surface area contributed by atoms with E-state index in [4.69, 9.17) is 20.3 Å². The number of phosphoric ester groups is 1. The Morgan fingerprint density at radius 2 is 2.27 bits per heavy atom. The van der Waals surface area contributed by atoms with Gasteiger partial charge in [0.15, 0.2) is 18.5 Å². The number of nitrogens with zero attached hydrogens (tertiary/aromatic N) is 1. The lowest BCUT2D eigenvalue weighted by Crippen LogP contribution is -2.40. The minimum absolute atomic E-state index is 0.115. The molecule has 1 aliphatic heterocycles. The van der Waals surface area contributed by atoms with E-state index in [2.05, 4.69) is 4.52 Å². The molecule has 0 radical (unpaired) electrons. The minimum atomic E-state index is -4.87. The van der Waals surface area contributed by atoms with Crippen LogP contribution in [-0.4, -0.2) is 34.3 Å². The van der Waals surface area contributed by atoms with Gasteiger partial charge in [0.05, 0.1) is 6.61 Å². The van der Waals surface area contributed by atoms with Gasteiger partial charge in [-0.2, -0.15) is 4.57 Å². The van der Waals surface area contributed by atoms with Gasteiger partial charge in [0.1, 0.15) is 12.0 Å². The molecule has 1 saturated heterocycles. The second-order valence-corrected chi connectivity index (χ2v) is 5.97. The van der Waals surface area contributed by atoms with Gasteiger partial charge in [-0.1, -0.05) is 0 Å². The highest BCUT2D eigenvalue weighted by atomic mass is 31.2. The zero-order valence-corrected chi connectivity index (χ0v) is 12.0. The molecule has 0 saturated carbocycles. The molecule has 2 atom stereocenters. The number of halogens is 2. The number of carbonyl (C=O) groups excluding carboxylic acids is 1. The molecule has 0 aromatic carbocycles. The SMILES string of the molecule is NC(=O)c1ccc[n+]([C@@H]2CC(F)(F)[C@@H](COP(=O)(O)O)O2)c1. The fourth-order valence-electron chi connectivity index (χ4n) is 2.02. The third kappa shape index (κ3) is 4.05. The molecule has 2 rings (SSSR count). The molecule has 0 bridgehead atoms. The molecule has 1 aromatic heterocycles. The van der Waals surface area contributed by atoms with Gasteiger partial charge < -0.3 is 20.3 Å². The Hall–Kier alpha value is -1.45. The topological polar surface area (TPSA) is 123 Å². The first-order valence-corrected chi connectivity index (χ1v) is 7.65. The van der Waals surface area contributed by atoms with Crippen molar-refractivity contribution in [1.82, 2.24) is 0 Å². The molecule has 11 heteroatoms. The first-order valence-electron chi connectivity index (χ1n) is 6.12. The van der Waals surface area contributed by atoms with Crippen LogP contribution in [0.15, 0.2) is 24.5 Å². The molecule has 122 valence electrons.